The van der Waals surface area contributed by atoms with E-state index < -0.39 is 0 Å². The Labute approximate surface area is 91.4 Å². The van der Waals surface area contributed by atoms with Crippen LogP contribution in [0.25, 0.3) is 0 Å². The Balaban J connectivity index is 1.64. The average Bonchev–Trinajstić information content (AvgIpc) is 2.31. The highest BCUT2D eigenvalue weighted by atomic mass is 16.1. The molecule has 0 N–H and O–H groups in total. The van der Waals surface area contributed by atoms with Crippen molar-refractivity contribution in [2.75, 3.05) is 32.7 Å². The summed E-state index contributed by atoms with van der Waals surface area (Å²) in [6.45, 7) is 5.93. The van der Waals surface area contributed by atoms with Crippen LogP contribution >= 0.6 is 0 Å². The Kier molecular flexibility index (Phi) is 2.53. The predicted octanol–water partition coefficient (Wildman–Crippen LogP) is 0.745. The van der Waals surface area contributed by atoms with Crippen LogP contribution in [0.1, 0.15) is 25.7 Å². The first-order valence-electron chi connectivity index (χ1n) is 6.31. The second-order valence-electron chi connectivity index (χ2n) is 5.28. The van der Waals surface area contributed by atoms with E-state index in [-0.39, 0.29) is 0 Å². The van der Waals surface area contributed by atoms with Gasteiger partial charge in [-0.15, -0.1) is 0 Å². The van der Waals surface area contributed by atoms with Gasteiger partial charge >= 0.3 is 0 Å². The van der Waals surface area contributed by atoms with E-state index in [0.29, 0.717) is 5.78 Å². The highest BCUT2D eigenvalue weighted by Crippen LogP contribution is 2.31. The zero-order valence-corrected chi connectivity index (χ0v) is 9.32. The molecule has 0 spiro atoms. The van der Waals surface area contributed by atoms with Crippen LogP contribution in [-0.2, 0) is 4.79 Å². The van der Waals surface area contributed by atoms with Gasteiger partial charge in [-0.3, -0.25) is 9.69 Å². The van der Waals surface area contributed by atoms with E-state index in [1.165, 1.54) is 32.5 Å². The van der Waals surface area contributed by atoms with Crippen LogP contribution < -0.4 is 0 Å². The van der Waals surface area contributed by atoms with Gasteiger partial charge in [0.25, 0.3) is 0 Å². The molecule has 4 aliphatic rings. The number of rotatable bonds is 1. The van der Waals surface area contributed by atoms with Crippen molar-refractivity contribution >= 4 is 5.78 Å². The molecule has 0 aromatic carbocycles. The lowest BCUT2D eigenvalue weighted by Gasteiger charge is -2.49. The fourth-order valence-electron chi connectivity index (χ4n) is 3.45. The number of ketones is 1. The molecule has 0 saturated carbocycles. The second kappa shape index (κ2) is 3.87. The van der Waals surface area contributed by atoms with Gasteiger partial charge in [0.15, 0.2) is 0 Å². The molecule has 2 bridgehead atoms. The normalized spacial score (nSPS) is 42.1. The van der Waals surface area contributed by atoms with E-state index in [9.17, 15) is 4.79 Å². The third kappa shape index (κ3) is 1.83. The number of hydrogen-bond acceptors (Lipinski definition) is 3. The number of piperidine rings is 4. The van der Waals surface area contributed by atoms with E-state index in [1.54, 1.807) is 0 Å². The minimum absolute atomic E-state index is 0.465. The van der Waals surface area contributed by atoms with Crippen molar-refractivity contribution in [3.05, 3.63) is 0 Å². The maximum atomic E-state index is 11.2. The molecule has 0 aliphatic carbocycles. The van der Waals surface area contributed by atoms with Crippen LogP contribution in [0.4, 0.5) is 0 Å². The van der Waals surface area contributed by atoms with Gasteiger partial charge < -0.3 is 4.90 Å². The van der Waals surface area contributed by atoms with E-state index >= 15 is 0 Å². The van der Waals surface area contributed by atoms with Gasteiger partial charge in [-0.1, -0.05) is 0 Å². The number of fused-ring (bicyclic) bond motifs is 3. The van der Waals surface area contributed by atoms with E-state index in [2.05, 4.69) is 9.80 Å². The van der Waals surface area contributed by atoms with Gasteiger partial charge in [0.1, 0.15) is 5.78 Å². The number of hydrogen-bond donors (Lipinski definition) is 0. The predicted molar refractivity (Wildman–Crippen MR) is 58.8 cm³/mol. The lowest BCUT2D eigenvalue weighted by Crippen LogP contribution is -2.58. The molecule has 15 heavy (non-hydrogen) atoms. The zero-order valence-electron chi connectivity index (χ0n) is 9.32. The van der Waals surface area contributed by atoms with Crippen molar-refractivity contribution < 1.29 is 4.79 Å². The third-order valence-electron chi connectivity index (χ3n) is 4.45. The summed E-state index contributed by atoms with van der Waals surface area (Å²) in [7, 11) is 0. The van der Waals surface area contributed by atoms with Crippen molar-refractivity contribution in [2.45, 2.75) is 31.7 Å². The summed E-state index contributed by atoms with van der Waals surface area (Å²) in [5.41, 5.74) is 0. The second-order valence-corrected chi connectivity index (χ2v) is 5.28. The van der Waals surface area contributed by atoms with Crippen LogP contribution in [0.5, 0.6) is 0 Å². The minimum atomic E-state index is 0.465. The van der Waals surface area contributed by atoms with Crippen molar-refractivity contribution in [2.24, 2.45) is 5.92 Å². The quantitative estimate of drug-likeness (QED) is 0.635. The average molecular weight is 208 g/mol. The maximum Gasteiger partial charge on any atom is 0.135 e. The molecule has 3 nitrogen and oxygen atoms in total. The van der Waals surface area contributed by atoms with E-state index in [0.717, 1.165) is 37.9 Å². The molecule has 1 unspecified atom stereocenters. The van der Waals surface area contributed by atoms with Gasteiger partial charge in [-0.25, -0.2) is 0 Å². The molecule has 4 rings (SSSR count). The van der Waals surface area contributed by atoms with Gasteiger partial charge in [-0.05, 0) is 31.8 Å². The Morgan fingerprint density at radius 2 is 1.67 bits per heavy atom. The molecule has 4 heterocycles. The monoisotopic (exact) mass is 208 g/mol. The smallest absolute Gasteiger partial charge is 0.135 e. The van der Waals surface area contributed by atoms with Crippen LogP contribution in [0.2, 0.25) is 0 Å². The largest absolute Gasteiger partial charge is 0.302 e. The van der Waals surface area contributed by atoms with Crippen LogP contribution in [0, 0.1) is 5.92 Å². The molecule has 0 amide bonds. The molecule has 0 radical (unpaired) electrons. The molecule has 84 valence electrons. The molecular weight excluding hydrogens is 188 g/mol. The first-order valence-corrected chi connectivity index (χ1v) is 6.31. The minimum Gasteiger partial charge on any atom is -0.302 e. The molecule has 0 aromatic rings. The fraction of sp³-hybridized carbons (Fsp3) is 0.917. The summed E-state index contributed by atoms with van der Waals surface area (Å²) in [6.07, 6.45) is 4.36. The number of nitrogens with zero attached hydrogens (tertiary/aromatic N) is 2. The topological polar surface area (TPSA) is 23.6 Å². The highest BCUT2D eigenvalue weighted by molar-refractivity contribution is 5.79. The zero-order chi connectivity index (χ0) is 10.3. The van der Waals surface area contributed by atoms with Gasteiger partial charge in [-0.2, -0.15) is 0 Å². The fourth-order valence-corrected chi connectivity index (χ4v) is 3.45. The summed E-state index contributed by atoms with van der Waals surface area (Å²) in [5.74, 6) is 1.38. The summed E-state index contributed by atoms with van der Waals surface area (Å²) in [4.78, 5) is 16.4. The molecule has 0 aromatic heterocycles. The van der Waals surface area contributed by atoms with Gasteiger partial charge in [0, 0.05) is 38.5 Å². The van der Waals surface area contributed by atoms with Crippen molar-refractivity contribution in [1.29, 1.82) is 0 Å². The van der Waals surface area contributed by atoms with Crippen LogP contribution in [0.15, 0.2) is 0 Å². The summed E-state index contributed by atoms with van der Waals surface area (Å²) in [6, 6.07) is 0.764. The van der Waals surface area contributed by atoms with E-state index in [4.69, 9.17) is 0 Å². The Morgan fingerprint density at radius 1 is 1.00 bits per heavy atom. The number of likely N-dealkylation sites (tertiary alicyclic amines) is 1. The van der Waals surface area contributed by atoms with Crippen molar-refractivity contribution in [3.8, 4) is 0 Å². The number of carbonyl (C=O) groups excluding carboxylic acids is 1. The van der Waals surface area contributed by atoms with Gasteiger partial charge in [0.2, 0.25) is 0 Å². The van der Waals surface area contributed by atoms with Crippen molar-refractivity contribution in [3.63, 3.8) is 0 Å². The highest BCUT2D eigenvalue weighted by Gasteiger charge is 2.38. The Bertz CT molecular complexity index is 248. The first kappa shape index (κ1) is 9.79. The van der Waals surface area contributed by atoms with Gasteiger partial charge in [0.05, 0.1) is 0 Å². The number of carbonyl (C=O) groups is 1. The molecule has 4 fully saturated rings. The van der Waals surface area contributed by atoms with E-state index in [1.807, 2.05) is 0 Å². The summed E-state index contributed by atoms with van der Waals surface area (Å²) < 4.78 is 0. The molecule has 3 heteroatoms. The molecular formula is C12H20N2O. The summed E-state index contributed by atoms with van der Waals surface area (Å²) >= 11 is 0. The lowest BCUT2D eigenvalue weighted by molar-refractivity contribution is -0.123. The lowest BCUT2D eigenvalue weighted by atomic mass is 9.82. The SMILES string of the molecule is O=C1CCN(C2CN3CCC2CC3)CC1. The van der Waals surface area contributed by atoms with Crippen LogP contribution in [0.3, 0.4) is 0 Å². The third-order valence-corrected chi connectivity index (χ3v) is 4.45. The standard InChI is InChI=1S/C12H20N2O/c15-11-3-7-14(8-4-11)12-9-13-5-1-10(12)2-6-13/h10,12H,1-9H2. The number of Topliss-reactive ketones (excluding diaryl/α,β-unsaturated/α-hetero) is 1. The molecule has 1 atom stereocenters. The van der Waals surface area contributed by atoms with Crippen LogP contribution in [-0.4, -0.2) is 54.3 Å². The Morgan fingerprint density at radius 3 is 2.20 bits per heavy atom. The molecule has 4 saturated heterocycles. The Hall–Kier alpha value is -0.410. The maximum absolute atomic E-state index is 11.2. The van der Waals surface area contributed by atoms with Crippen molar-refractivity contribution in [1.82, 2.24) is 9.80 Å². The molecule has 4 aliphatic heterocycles. The first-order chi connectivity index (χ1) is 7.33. The summed E-state index contributed by atoms with van der Waals surface area (Å²) in [5, 5.41) is 0.